The van der Waals surface area contributed by atoms with Crippen LogP contribution in [-0.4, -0.2) is 23.0 Å². The van der Waals surface area contributed by atoms with Crippen molar-refractivity contribution in [3.8, 4) is 0 Å². The molecule has 0 unspecified atom stereocenters. The van der Waals surface area contributed by atoms with Gasteiger partial charge in [0, 0.05) is 16.8 Å². The normalized spacial score (nSPS) is 10.9. The molecule has 4 N–H and O–H groups in total. The minimum absolute atomic E-state index is 0.0814. The quantitative estimate of drug-likeness (QED) is 0.746. The van der Waals surface area contributed by atoms with E-state index in [0.29, 0.717) is 10.6 Å². The molecule has 0 bridgehead atoms. The molecule has 1 aromatic rings. The molecule has 6 heteroatoms. The Morgan fingerprint density at radius 1 is 1.42 bits per heavy atom. The number of amides is 1. The summed E-state index contributed by atoms with van der Waals surface area (Å²) in [4.78, 5) is 11.9. The molecule has 0 aliphatic heterocycles. The van der Waals surface area contributed by atoms with Gasteiger partial charge in [-0.25, -0.2) is 0 Å². The third-order valence-corrected chi connectivity index (χ3v) is 2.73. The fourth-order valence-corrected chi connectivity index (χ4v) is 1.99. The number of nitrogens with one attached hydrogen (secondary N) is 2. The van der Waals surface area contributed by atoms with Crippen LogP contribution < -0.4 is 16.4 Å². The van der Waals surface area contributed by atoms with Crippen molar-refractivity contribution in [1.29, 1.82) is 0 Å². The van der Waals surface area contributed by atoms with Crippen molar-refractivity contribution in [3.63, 3.8) is 0 Å². The van der Waals surface area contributed by atoms with E-state index in [1.807, 2.05) is 20.8 Å². The van der Waals surface area contributed by atoms with E-state index in [1.54, 1.807) is 18.2 Å². The molecular formula is C13H18ClN3OS. The number of carbonyl (C=O) groups is 1. The number of hydrogen-bond acceptors (Lipinski definition) is 3. The number of halogens is 1. The molecule has 1 rings (SSSR count). The summed E-state index contributed by atoms with van der Waals surface area (Å²) in [6.45, 7) is 5.97. The molecule has 0 spiro atoms. The summed E-state index contributed by atoms with van der Waals surface area (Å²) < 4.78 is 0. The van der Waals surface area contributed by atoms with Gasteiger partial charge >= 0.3 is 0 Å². The first-order valence-electron chi connectivity index (χ1n) is 5.83. The predicted octanol–water partition coefficient (Wildman–Crippen LogP) is 2.30. The molecule has 104 valence electrons. The van der Waals surface area contributed by atoms with Crippen LogP contribution >= 0.6 is 23.8 Å². The van der Waals surface area contributed by atoms with Crippen LogP contribution in [0.4, 0.5) is 5.69 Å². The first-order valence-corrected chi connectivity index (χ1v) is 6.62. The van der Waals surface area contributed by atoms with Crippen molar-refractivity contribution >= 4 is 40.4 Å². The largest absolute Gasteiger partial charge is 0.389 e. The monoisotopic (exact) mass is 299 g/mol. The Bertz CT molecular complexity index is 497. The van der Waals surface area contributed by atoms with Gasteiger partial charge in [-0.1, -0.05) is 23.8 Å². The van der Waals surface area contributed by atoms with Gasteiger partial charge in [0.15, 0.2) is 0 Å². The number of nitrogens with two attached hydrogens (primary N) is 1. The Hall–Kier alpha value is -1.33. The van der Waals surface area contributed by atoms with Crippen LogP contribution in [0, 0.1) is 0 Å². The van der Waals surface area contributed by atoms with Crippen LogP contribution in [0.3, 0.4) is 0 Å². The van der Waals surface area contributed by atoms with E-state index < -0.39 is 0 Å². The van der Waals surface area contributed by atoms with Gasteiger partial charge in [-0.15, -0.1) is 0 Å². The molecule has 0 atom stereocenters. The van der Waals surface area contributed by atoms with E-state index in [4.69, 9.17) is 29.6 Å². The Kier molecular flexibility index (Phi) is 5.14. The lowest BCUT2D eigenvalue weighted by Crippen LogP contribution is -2.43. The van der Waals surface area contributed by atoms with Gasteiger partial charge in [0.05, 0.1) is 11.6 Å². The second-order valence-corrected chi connectivity index (χ2v) is 6.06. The highest BCUT2D eigenvalue weighted by Crippen LogP contribution is 2.20. The fraction of sp³-hybridized carbons (Fsp3) is 0.385. The summed E-state index contributed by atoms with van der Waals surface area (Å²) in [7, 11) is 0. The third-order valence-electron chi connectivity index (χ3n) is 2.20. The third kappa shape index (κ3) is 5.44. The molecule has 0 saturated heterocycles. The molecule has 1 amide bonds. The smallest absolute Gasteiger partial charge is 0.239 e. The van der Waals surface area contributed by atoms with Gasteiger partial charge in [0.2, 0.25) is 5.91 Å². The fourth-order valence-electron chi connectivity index (χ4n) is 1.47. The van der Waals surface area contributed by atoms with Crippen LogP contribution in [-0.2, 0) is 4.79 Å². The summed E-state index contributed by atoms with van der Waals surface area (Å²) in [6, 6.07) is 5.21. The van der Waals surface area contributed by atoms with Crippen LogP contribution in [0.1, 0.15) is 26.3 Å². The molecular weight excluding hydrogens is 282 g/mol. The van der Waals surface area contributed by atoms with Gasteiger partial charge in [0.1, 0.15) is 4.99 Å². The molecule has 0 aliphatic rings. The van der Waals surface area contributed by atoms with E-state index in [9.17, 15) is 4.79 Å². The van der Waals surface area contributed by atoms with Crippen molar-refractivity contribution in [2.45, 2.75) is 26.3 Å². The maximum absolute atomic E-state index is 11.6. The van der Waals surface area contributed by atoms with E-state index in [0.717, 1.165) is 5.69 Å². The average Bonchev–Trinajstić information content (AvgIpc) is 2.23. The van der Waals surface area contributed by atoms with Crippen molar-refractivity contribution < 1.29 is 4.79 Å². The Balaban J connectivity index is 2.62. The molecule has 0 heterocycles. The lowest BCUT2D eigenvalue weighted by Gasteiger charge is -2.20. The number of benzene rings is 1. The van der Waals surface area contributed by atoms with E-state index >= 15 is 0 Å². The number of thiocarbonyl (C=S) groups is 1. The summed E-state index contributed by atoms with van der Waals surface area (Å²) >= 11 is 10.9. The highest BCUT2D eigenvalue weighted by Gasteiger charge is 2.13. The standard InChI is InChI=1S/C13H18ClN3OS/c1-13(2,3)17-11(18)7-16-8-4-5-9(12(15)19)10(14)6-8/h4-6,16H,7H2,1-3H3,(H2,15,19)(H,17,18). The zero-order valence-corrected chi connectivity index (χ0v) is 12.8. The minimum atomic E-state index is -0.244. The maximum atomic E-state index is 11.6. The number of rotatable bonds is 4. The second kappa shape index (κ2) is 6.21. The summed E-state index contributed by atoms with van der Waals surface area (Å²) in [5, 5.41) is 6.32. The van der Waals surface area contributed by atoms with Crippen molar-refractivity contribution in [3.05, 3.63) is 28.8 Å². The molecule has 19 heavy (non-hydrogen) atoms. The number of anilines is 1. The molecule has 4 nitrogen and oxygen atoms in total. The van der Waals surface area contributed by atoms with Crippen LogP contribution in [0.15, 0.2) is 18.2 Å². The van der Waals surface area contributed by atoms with Gasteiger partial charge in [-0.05, 0) is 39.0 Å². The van der Waals surface area contributed by atoms with Gasteiger partial charge in [0.25, 0.3) is 0 Å². The number of carbonyl (C=O) groups excluding carboxylic acids is 1. The van der Waals surface area contributed by atoms with Gasteiger partial charge in [-0.3, -0.25) is 4.79 Å². The SMILES string of the molecule is CC(C)(C)NC(=O)CNc1ccc(C(N)=S)c(Cl)c1. The topological polar surface area (TPSA) is 67.2 Å². The van der Waals surface area contributed by atoms with Crippen molar-refractivity contribution in [2.75, 3.05) is 11.9 Å². The van der Waals surface area contributed by atoms with Gasteiger partial charge in [-0.2, -0.15) is 0 Å². The highest BCUT2D eigenvalue weighted by atomic mass is 35.5. The summed E-state index contributed by atoms with van der Waals surface area (Å²) in [6.07, 6.45) is 0. The lowest BCUT2D eigenvalue weighted by atomic mass is 10.1. The Morgan fingerprint density at radius 2 is 2.05 bits per heavy atom. The van der Waals surface area contributed by atoms with Crippen LogP contribution in [0.25, 0.3) is 0 Å². The Labute approximate surface area is 123 Å². The van der Waals surface area contributed by atoms with Crippen molar-refractivity contribution in [2.24, 2.45) is 5.73 Å². The lowest BCUT2D eigenvalue weighted by molar-refractivity contribution is -0.120. The first kappa shape index (κ1) is 15.7. The number of hydrogen-bond donors (Lipinski definition) is 3. The predicted molar refractivity (Wildman–Crippen MR) is 83.7 cm³/mol. The molecule has 0 aliphatic carbocycles. The van der Waals surface area contributed by atoms with E-state index in [2.05, 4.69) is 10.6 Å². The van der Waals surface area contributed by atoms with E-state index in [1.165, 1.54) is 0 Å². The summed E-state index contributed by atoms with van der Waals surface area (Å²) in [5.74, 6) is -0.0814. The molecule has 0 radical (unpaired) electrons. The van der Waals surface area contributed by atoms with Crippen molar-refractivity contribution in [1.82, 2.24) is 5.32 Å². The zero-order chi connectivity index (χ0) is 14.6. The van der Waals surface area contributed by atoms with Gasteiger partial charge < -0.3 is 16.4 Å². The maximum Gasteiger partial charge on any atom is 0.239 e. The zero-order valence-electron chi connectivity index (χ0n) is 11.2. The van der Waals surface area contributed by atoms with Crippen LogP contribution in [0.2, 0.25) is 5.02 Å². The Morgan fingerprint density at radius 3 is 2.53 bits per heavy atom. The van der Waals surface area contributed by atoms with E-state index in [-0.39, 0.29) is 23.0 Å². The van der Waals surface area contributed by atoms with Crippen LogP contribution in [0.5, 0.6) is 0 Å². The second-order valence-electron chi connectivity index (χ2n) is 5.21. The minimum Gasteiger partial charge on any atom is -0.389 e. The average molecular weight is 300 g/mol. The molecule has 0 aromatic heterocycles. The molecule has 0 fully saturated rings. The summed E-state index contributed by atoms with van der Waals surface area (Å²) in [5.41, 5.74) is 6.65. The molecule has 0 saturated carbocycles. The highest BCUT2D eigenvalue weighted by molar-refractivity contribution is 7.80. The first-order chi connectivity index (χ1) is 8.69. The molecule has 1 aromatic carbocycles.